The van der Waals surface area contributed by atoms with Crippen LogP contribution < -0.4 is 0 Å². The Morgan fingerprint density at radius 2 is 2.08 bits per heavy atom. The summed E-state index contributed by atoms with van der Waals surface area (Å²) in [5.74, 6) is 0.163. The highest BCUT2D eigenvalue weighted by Gasteiger charge is 2.06. The van der Waals surface area contributed by atoms with Crippen LogP contribution >= 0.6 is 0 Å². The summed E-state index contributed by atoms with van der Waals surface area (Å²) in [5, 5.41) is 1.24. The maximum Gasteiger partial charge on any atom is 0.0457 e. The molecule has 1 atom stereocenters. The Kier molecular flexibility index (Phi) is 1.93. The van der Waals surface area contributed by atoms with E-state index >= 15 is 0 Å². The van der Waals surface area contributed by atoms with Crippen LogP contribution in [0.2, 0.25) is 0 Å². The van der Waals surface area contributed by atoms with E-state index in [4.69, 9.17) is 0 Å². The van der Waals surface area contributed by atoms with E-state index in [9.17, 15) is 0 Å². The smallest absolute Gasteiger partial charge is 0.0457 e. The van der Waals surface area contributed by atoms with Crippen LogP contribution in [0.5, 0.6) is 0 Å². The second-order valence-corrected chi connectivity index (χ2v) is 3.13. The minimum atomic E-state index is 0.163. The van der Waals surface area contributed by atoms with Gasteiger partial charge in [-0.1, -0.05) is 24.3 Å². The van der Waals surface area contributed by atoms with Crippen LogP contribution in [0, 0.1) is 6.92 Å². The SMILES string of the molecule is [CH2]C(C=C)c1c[nH]c2ccccc12. The standard InChI is InChI=1S/C12H12N/c1-3-9(2)11-8-13-12-7-5-4-6-10(11)12/h3-9,13H,1-2H2. The molecule has 0 bridgehead atoms. The normalized spacial score (nSPS) is 13.0. The summed E-state index contributed by atoms with van der Waals surface area (Å²) in [6.07, 6.45) is 3.86. The van der Waals surface area contributed by atoms with E-state index in [0.29, 0.717) is 0 Å². The lowest BCUT2D eigenvalue weighted by molar-refractivity contribution is 1.10. The predicted molar refractivity (Wildman–Crippen MR) is 56.6 cm³/mol. The van der Waals surface area contributed by atoms with E-state index in [1.807, 2.05) is 24.4 Å². The fourth-order valence-corrected chi connectivity index (χ4v) is 1.53. The minimum absolute atomic E-state index is 0.163. The van der Waals surface area contributed by atoms with Crippen molar-refractivity contribution in [3.05, 3.63) is 55.6 Å². The number of hydrogen-bond donors (Lipinski definition) is 1. The number of rotatable bonds is 2. The molecule has 0 saturated heterocycles. The Hall–Kier alpha value is -1.50. The van der Waals surface area contributed by atoms with Crippen molar-refractivity contribution >= 4 is 10.9 Å². The highest BCUT2D eigenvalue weighted by molar-refractivity contribution is 5.83. The lowest BCUT2D eigenvalue weighted by atomic mass is 10.0. The van der Waals surface area contributed by atoms with Crippen molar-refractivity contribution < 1.29 is 0 Å². The number of fused-ring (bicyclic) bond motifs is 1. The average molecular weight is 170 g/mol. The highest BCUT2D eigenvalue weighted by atomic mass is 14.7. The molecule has 1 heterocycles. The van der Waals surface area contributed by atoms with Gasteiger partial charge in [-0.25, -0.2) is 0 Å². The first kappa shape index (κ1) is 8.11. The first-order chi connectivity index (χ1) is 6.33. The fraction of sp³-hybridized carbons (Fsp3) is 0.0833. The fourth-order valence-electron chi connectivity index (χ4n) is 1.53. The molecule has 65 valence electrons. The van der Waals surface area contributed by atoms with Crippen LogP contribution in [-0.2, 0) is 0 Å². The molecule has 1 aromatic heterocycles. The Morgan fingerprint density at radius 1 is 1.31 bits per heavy atom. The minimum Gasteiger partial charge on any atom is -0.361 e. The molecule has 2 rings (SSSR count). The van der Waals surface area contributed by atoms with Gasteiger partial charge in [0.15, 0.2) is 0 Å². The van der Waals surface area contributed by atoms with Crippen LogP contribution in [0.3, 0.4) is 0 Å². The molecule has 1 radical (unpaired) electrons. The molecular formula is C12H12N. The van der Waals surface area contributed by atoms with Gasteiger partial charge < -0.3 is 4.98 Å². The van der Waals surface area contributed by atoms with Crippen molar-refractivity contribution in [2.45, 2.75) is 5.92 Å². The van der Waals surface area contributed by atoms with E-state index < -0.39 is 0 Å². The van der Waals surface area contributed by atoms with Crippen molar-refractivity contribution in [1.29, 1.82) is 0 Å². The molecular weight excluding hydrogens is 158 g/mol. The molecule has 1 nitrogen and oxygen atoms in total. The van der Waals surface area contributed by atoms with Gasteiger partial charge in [-0.15, -0.1) is 6.58 Å². The summed E-state index contributed by atoms with van der Waals surface area (Å²) >= 11 is 0. The maximum absolute atomic E-state index is 4.01. The number of H-pyrrole nitrogens is 1. The Labute approximate surface area is 78.1 Å². The van der Waals surface area contributed by atoms with Gasteiger partial charge >= 0.3 is 0 Å². The number of aromatic amines is 1. The topological polar surface area (TPSA) is 15.8 Å². The molecule has 2 aromatic rings. The molecule has 0 fully saturated rings. The Balaban J connectivity index is 2.64. The molecule has 1 unspecified atom stereocenters. The third-order valence-electron chi connectivity index (χ3n) is 2.31. The highest BCUT2D eigenvalue weighted by Crippen LogP contribution is 2.25. The molecule has 1 N–H and O–H groups in total. The molecule has 0 aliphatic rings. The summed E-state index contributed by atoms with van der Waals surface area (Å²) in [5.41, 5.74) is 2.37. The number of hydrogen-bond acceptors (Lipinski definition) is 0. The average Bonchev–Trinajstić information content (AvgIpc) is 2.60. The van der Waals surface area contributed by atoms with Gasteiger partial charge in [0, 0.05) is 23.0 Å². The van der Waals surface area contributed by atoms with Crippen LogP contribution in [0.15, 0.2) is 43.1 Å². The maximum atomic E-state index is 4.01. The zero-order valence-electron chi connectivity index (χ0n) is 7.46. The lowest BCUT2D eigenvalue weighted by Gasteiger charge is -2.02. The monoisotopic (exact) mass is 170 g/mol. The van der Waals surface area contributed by atoms with Crippen molar-refractivity contribution in [1.82, 2.24) is 4.98 Å². The molecule has 0 aliphatic heterocycles. The van der Waals surface area contributed by atoms with Crippen molar-refractivity contribution in [3.8, 4) is 0 Å². The molecule has 0 spiro atoms. The molecule has 1 aromatic carbocycles. The van der Waals surface area contributed by atoms with Gasteiger partial charge in [0.05, 0.1) is 0 Å². The van der Waals surface area contributed by atoms with Crippen LogP contribution in [0.25, 0.3) is 10.9 Å². The largest absolute Gasteiger partial charge is 0.361 e. The molecule has 0 amide bonds. The molecule has 0 saturated carbocycles. The third kappa shape index (κ3) is 1.26. The molecule has 0 aliphatic carbocycles. The summed E-state index contributed by atoms with van der Waals surface area (Å²) in [6, 6.07) is 8.22. The van der Waals surface area contributed by atoms with Crippen molar-refractivity contribution in [3.63, 3.8) is 0 Å². The number of aromatic nitrogens is 1. The molecule has 1 heteroatoms. The summed E-state index contributed by atoms with van der Waals surface area (Å²) in [7, 11) is 0. The van der Waals surface area contributed by atoms with Crippen molar-refractivity contribution in [2.24, 2.45) is 0 Å². The van der Waals surface area contributed by atoms with Gasteiger partial charge in [-0.05, 0) is 18.6 Å². The van der Waals surface area contributed by atoms with Gasteiger partial charge in [0.25, 0.3) is 0 Å². The van der Waals surface area contributed by atoms with Gasteiger partial charge in [0.2, 0.25) is 0 Å². The predicted octanol–water partition coefficient (Wildman–Crippen LogP) is 3.27. The van der Waals surface area contributed by atoms with E-state index in [1.54, 1.807) is 0 Å². The van der Waals surface area contributed by atoms with E-state index in [1.165, 1.54) is 10.9 Å². The summed E-state index contributed by atoms with van der Waals surface area (Å²) in [6.45, 7) is 7.76. The second kappa shape index (κ2) is 3.09. The summed E-state index contributed by atoms with van der Waals surface area (Å²) in [4.78, 5) is 3.22. The van der Waals surface area contributed by atoms with E-state index in [2.05, 4.69) is 30.6 Å². The first-order valence-electron chi connectivity index (χ1n) is 4.34. The zero-order chi connectivity index (χ0) is 9.26. The van der Waals surface area contributed by atoms with Crippen molar-refractivity contribution in [2.75, 3.05) is 0 Å². The van der Waals surface area contributed by atoms with Gasteiger partial charge in [-0.3, -0.25) is 0 Å². The van der Waals surface area contributed by atoms with Gasteiger partial charge in [0.1, 0.15) is 0 Å². The summed E-state index contributed by atoms with van der Waals surface area (Å²) < 4.78 is 0. The Morgan fingerprint density at radius 3 is 2.85 bits per heavy atom. The van der Waals surface area contributed by atoms with E-state index in [0.717, 1.165) is 5.52 Å². The quantitative estimate of drug-likeness (QED) is 0.666. The number of allylic oxidation sites excluding steroid dienone is 1. The molecule has 13 heavy (non-hydrogen) atoms. The Bertz CT molecular complexity index is 425. The zero-order valence-corrected chi connectivity index (χ0v) is 7.46. The second-order valence-electron chi connectivity index (χ2n) is 3.13. The van der Waals surface area contributed by atoms with Crippen LogP contribution in [0.1, 0.15) is 11.5 Å². The van der Waals surface area contributed by atoms with Crippen LogP contribution in [0.4, 0.5) is 0 Å². The first-order valence-corrected chi connectivity index (χ1v) is 4.34. The lowest BCUT2D eigenvalue weighted by Crippen LogP contribution is -1.85. The number of para-hydroxylation sites is 1. The van der Waals surface area contributed by atoms with Crippen LogP contribution in [-0.4, -0.2) is 4.98 Å². The number of benzene rings is 1. The van der Waals surface area contributed by atoms with E-state index in [-0.39, 0.29) is 5.92 Å². The van der Waals surface area contributed by atoms with Gasteiger partial charge in [-0.2, -0.15) is 0 Å². The third-order valence-corrected chi connectivity index (χ3v) is 2.31. The number of nitrogens with one attached hydrogen (secondary N) is 1.